The molecule has 4 nitrogen and oxygen atoms in total. The van der Waals surface area contributed by atoms with Gasteiger partial charge in [0.05, 0.1) is 6.04 Å². The molecule has 0 N–H and O–H groups in total. The van der Waals surface area contributed by atoms with E-state index >= 15 is 0 Å². The topological polar surface area (TPSA) is 47.8 Å². The van der Waals surface area contributed by atoms with E-state index in [2.05, 4.69) is 10.1 Å². The molecule has 0 radical (unpaired) electrons. The molecule has 1 aromatic carbocycles. The van der Waals surface area contributed by atoms with Crippen molar-refractivity contribution < 1.29 is 9.18 Å². The first kappa shape index (κ1) is 12.0. The lowest BCUT2D eigenvalue weighted by Gasteiger charge is -2.11. The fourth-order valence-electron chi connectivity index (χ4n) is 2.41. The summed E-state index contributed by atoms with van der Waals surface area (Å²) < 4.78 is 15.6. The van der Waals surface area contributed by atoms with Crippen molar-refractivity contribution in [3.8, 4) is 0 Å². The van der Waals surface area contributed by atoms with Gasteiger partial charge in [-0.05, 0) is 5.56 Å². The van der Waals surface area contributed by atoms with Crippen LogP contribution < -0.4 is 0 Å². The summed E-state index contributed by atoms with van der Waals surface area (Å²) in [7, 11) is 0. The van der Waals surface area contributed by atoms with Gasteiger partial charge in [-0.25, -0.2) is 14.1 Å². The molecule has 0 saturated heterocycles. The number of rotatable bonds is 3. The van der Waals surface area contributed by atoms with Crippen molar-refractivity contribution in [1.29, 1.82) is 0 Å². The van der Waals surface area contributed by atoms with E-state index in [0.29, 0.717) is 12.8 Å². The largest absolute Gasteiger partial charge is 0.291 e. The Morgan fingerprint density at radius 1 is 1.42 bits per heavy atom. The molecule has 1 aliphatic rings. The lowest BCUT2D eigenvalue weighted by Crippen LogP contribution is -2.09. The highest BCUT2D eigenvalue weighted by atomic mass is 19.1. The first-order chi connectivity index (χ1) is 9.20. The summed E-state index contributed by atoms with van der Waals surface area (Å²) in [6.45, 7) is 1.75. The number of hydrogen-bond donors (Lipinski definition) is 0. The SMILES string of the molecule is CCC(=O)c1nc2n(n1)[C@@H](c1ccccc1)C[C@@H]2F. The maximum atomic E-state index is 14.0. The van der Waals surface area contributed by atoms with E-state index < -0.39 is 6.17 Å². The second-order valence-corrected chi connectivity index (χ2v) is 4.64. The number of carbonyl (C=O) groups is 1. The first-order valence-electron chi connectivity index (χ1n) is 6.39. The van der Waals surface area contributed by atoms with Crippen LogP contribution in [0.25, 0.3) is 0 Å². The van der Waals surface area contributed by atoms with Gasteiger partial charge in [-0.1, -0.05) is 37.3 Å². The summed E-state index contributed by atoms with van der Waals surface area (Å²) in [5.41, 5.74) is 0.990. The van der Waals surface area contributed by atoms with Crippen LogP contribution in [0.5, 0.6) is 0 Å². The Bertz CT molecular complexity index is 608. The van der Waals surface area contributed by atoms with E-state index in [9.17, 15) is 9.18 Å². The maximum Gasteiger partial charge on any atom is 0.217 e. The van der Waals surface area contributed by atoms with Crippen molar-refractivity contribution >= 4 is 5.78 Å². The van der Waals surface area contributed by atoms with E-state index in [1.54, 1.807) is 11.6 Å². The number of carbonyl (C=O) groups excluding carboxylic acids is 1. The van der Waals surface area contributed by atoms with Crippen LogP contribution >= 0.6 is 0 Å². The smallest absolute Gasteiger partial charge is 0.217 e. The molecule has 5 heteroatoms. The lowest BCUT2D eigenvalue weighted by molar-refractivity contribution is 0.0977. The van der Waals surface area contributed by atoms with Gasteiger partial charge in [0.1, 0.15) is 0 Å². The third-order valence-corrected chi connectivity index (χ3v) is 3.42. The second kappa shape index (κ2) is 4.57. The molecular formula is C14H14FN3O. The van der Waals surface area contributed by atoms with E-state index in [-0.39, 0.29) is 23.5 Å². The molecule has 1 aliphatic heterocycles. The normalized spacial score (nSPS) is 21.4. The highest BCUT2D eigenvalue weighted by molar-refractivity contribution is 5.92. The number of aromatic nitrogens is 3. The summed E-state index contributed by atoms with van der Waals surface area (Å²) in [5.74, 6) is 0.243. The number of nitrogens with zero attached hydrogens (tertiary/aromatic N) is 3. The second-order valence-electron chi connectivity index (χ2n) is 4.64. The number of fused-ring (bicyclic) bond motifs is 1. The Labute approximate surface area is 110 Å². The summed E-state index contributed by atoms with van der Waals surface area (Å²) in [6, 6.07) is 9.45. The third-order valence-electron chi connectivity index (χ3n) is 3.42. The van der Waals surface area contributed by atoms with Gasteiger partial charge in [0.15, 0.2) is 12.0 Å². The van der Waals surface area contributed by atoms with Gasteiger partial charge >= 0.3 is 0 Å². The fourth-order valence-corrected chi connectivity index (χ4v) is 2.41. The average Bonchev–Trinajstić information content (AvgIpc) is 3.00. The summed E-state index contributed by atoms with van der Waals surface area (Å²) >= 11 is 0. The van der Waals surface area contributed by atoms with Crippen LogP contribution in [-0.4, -0.2) is 20.5 Å². The molecule has 0 fully saturated rings. The Hall–Kier alpha value is -2.04. The molecule has 0 aliphatic carbocycles. The van der Waals surface area contributed by atoms with E-state index in [0.717, 1.165) is 5.56 Å². The highest BCUT2D eigenvalue weighted by Crippen LogP contribution is 2.39. The van der Waals surface area contributed by atoms with Gasteiger partial charge in [-0.3, -0.25) is 4.79 Å². The minimum absolute atomic E-state index is 0.126. The fraction of sp³-hybridized carbons (Fsp3) is 0.357. The molecule has 0 saturated carbocycles. The zero-order valence-corrected chi connectivity index (χ0v) is 10.6. The zero-order chi connectivity index (χ0) is 13.4. The molecule has 2 atom stereocenters. The standard InChI is InChI=1S/C14H14FN3O/c1-2-12(19)13-16-14-10(15)8-11(18(14)17-13)9-6-4-3-5-7-9/h3-7,10-11H,2,8H2,1H3/t10-,11+/m0/s1. The van der Waals surface area contributed by atoms with Gasteiger partial charge in [0, 0.05) is 12.8 Å². The average molecular weight is 259 g/mol. The van der Waals surface area contributed by atoms with Crippen molar-refractivity contribution in [2.45, 2.75) is 32.0 Å². The molecule has 0 spiro atoms. The molecule has 98 valence electrons. The number of alkyl halides is 1. The molecule has 0 bridgehead atoms. The molecule has 19 heavy (non-hydrogen) atoms. The Morgan fingerprint density at radius 3 is 2.84 bits per heavy atom. The lowest BCUT2D eigenvalue weighted by atomic mass is 10.0. The van der Waals surface area contributed by atoms with Crippen molar-refractivity contribution in [3.05, 3.63) is 47.5 Å². The highest BCUT2D eigenvalue weighted by Gasteiger charge is 2.35. The molecule has 0 amide bonds. The third kappa shape index (κ3) is 1.95. The molecule has 2 aromatic rings. The van der Waals surface area contributed by atoms with E-state index in [4.69, 9.17) is 0 Å². The number of benzene rings is 1. The first-order valence-corrected chi connectivity index (χ1v) is 6.39. The number of Topliss-reactive ketones (excluding diaryl/α,β-unsaturated/α-hetero) is 1. The van der Waals surface area contributed by atoms with Crippen LogP contribution in [0.1, 0.15) is 54.0 Å². The molecule has 1 aromatic heterocycles. The Kier molecular flexibility index (Phi) is 2.89. The summed E-state index contributed by atoms with van der Waals surface area (Å²) in [5, 5.41) is 4.19. The van der Waals surface area contributed by atoms with Crippen LogP contribution in [-0.2, 0) is 0 Å². The predicted molar refractivity (Wildman–Crippen MR) is 67.7 cm³/mol. The van der Waals surface area contributed by atoms with E-state index in [1.165, 1.54) is 0 Å². The van der Waals surface area contributed by atoms with Gasteiger partial charge < -0.3 is 0 Å². The molecule has 2 heterocycles. The van der Waals surface area contributed by atoms with Crippen LogP contribution in [0.15, 0.2) is 30.3 Å². The van der Waals surface area contributed by atoms with Crippen molar-refractivity contribution in [1.82, 2.24) is 14.8 Å². The minimum atomic E-state index is -1.16. The monoisotopic (exact) mass is 259 g/mol. The van der Waals surface area contributed by atoms with Crippen molar-refractivity contribution in [2.24, 2.45) is 0 Å². The van der Waals surface area contributed by atoms with Crippen LogP contribution in [0.4, 0.5) is 4.39 Å². The maximum absolute atomic E-state index is 14.0. The predicted octanol–water partition coefficient (Wildman–Crippen LogP) is 2.87. The number of hydrogen-bond acceptors (Lipinski definition) is 3. The summed E-state index contributed by atoms with van der Waals surface area (Å²) in [4.78, 5) is 15.7. The Balaban J connectivity index is 2.02. The molecule has 0 unspecified atom stereocenters. The van der Waals surface area contributed by atoms with Gasteiger partial charge in [-0.15, -0.1) is 5.10 Å². The van der Waals surface area contributed by atoms with Crippen molar-refractivity contribution in [2.75, 3.05) is 0 Å². The van der Waals surface area contributed by atoms with Crippen LogP contribution in [0.3, 0.4) is 0 Å². The summed E-state index contributed by atoms with van der Waals surface area (Å²) in [6.07, 6.45) is -0.493. The van der Waals surface area contributed by atoms with Crippen molar-refractivity contribution in [3.63, 3.8) is 0 Å². The van der Waals surface area contributed by atoms with Gasteiger partial charge in [-0.2, -0.15) is 0 Å². The van der Waals surface area contributed by atoms with E-state index in [1.807, 2.05) is 30.3 Å². The molecular weight excluding hydrogens is 245 g/mol. The van der Waals surface area contributed by atoms with Crippen LogP contribution in [0, 0.1) is 0 Å². The number of ketones is 1. The van der Waals surface area contributed by atoms with Gasteiger partial charge in [0.25, 0.3) is 0 Å². The zero-order valence-electron chi connectivity index (χ0n) is 10.6. The van der Waals surface area contributed by atoms with Gasteiger partial charge in [0.2, 0.25) is 11.6 Å². The Morgan fingerprint density at radius 2 is 2.16 bits per heavy atom. The quantitative estimate of drug-likeness (QED) is 0.796. The number of halogens is 1. The molecule has 3 rings (SSSR count). The van der Waals surface area contributed by atoms with Crippen LogP contribution in [0.2, 0.25) is 0 Å². The minimum Gasteiger partial charge on any atom is -0.291 e.